The number of rotatable bonds is 5. The minimum absolute atomic E-state index is 0.0578. The summed E-state index contributed by atoms with van der Waals surface area (Å²) in [6.07, 6.45) is -0.391. The summed E-state index contributed by atoms with van der Waals surface area (Å²) in [5.41, 5.74) is -0.479. The topological polar surface area (TPSA) is 83.8 Å². The Balaban J connectivity index is 3.24. The highest BCUT2D eigenvalue weighted by Gasteiger charge is 2.20. The Hall–Kier alpha value is -2.11. The first kappa shape index (κ1) is 13.0. The number of aliphatic carboxylic acids is 1. The average molecular weight is 242 g/mol. The third-order valence-corrected chi connectivity index (χ3v) is 2.24. The number of hydrogen-bond donors (Lipinski definition) is 2. The van der Waals surface area contributed by atoms with E-state index in [1.165, 1.54) is 13.2 Å². The maximum absolute atomic E-state index is 13.4. The van der Waals surface area contributed by atoms with Crippen LogP contribution in [0.15, 0.2) is 12.1 Å². The van der Waals surface area contributed by atoms with Gasteiger partial charge in [0.25, 0.3) is 0 Å². The molecule has 0 fully saturated rings. The summed E-state index contributed by atoms with van der Waals surface area (Å²) >= 11 is 0. The molecule has 17 heavy (non-hydrogen) atoms. The molecule has 1 aromatic rings. The van der Waals surface area contributed by atoms with E-state index >= 15 is 0 Å². The number of carbonyl (C=O) groups is 2. The van der Waals surface area contributed by atoms with E-state index < -0.39 is 23.3 Å². The van der Waals surface area contributed by atoms with Gasteiger partial charge in [-0.1, -0.05) is 0 Å². The molecule has 2 N–H and O–H groups in total. The van der Waals surface area contributed by atoms with Crippen LogP contribution in [0.1, 0.15) is 22.3 Å². The van der Waals surface area contributed by atoms with Crippen LogP contribution in [-0.2, 0) is 11.2 Å². The lowest BCUT2D eigenvalue weighted by atomic mass is 10.0. The molecular weight excluding hydrogens is 231 g/mol. The van der Waals surface area contributed by atoms with Gasteiger partial charge in [0.2, 0.25) is 0 Å². The predicted octanol–water partition coefficient (Wildman–Crippen LogP) is 1.55. The third kappa shape index (κ3) is 2.93. The van der Waals surface area contributed by atoms with Gasteiger partial charge in [-0.15, -0.1) is 0 Å². The second-order valence-corrected chi connectivity index (χ2v) is 3.30. The van der Waals surface area contributed by atoms with Crippen LogP contribution in [0.3, 0.4) is 0 Å². The number of benzene rings is 1. The summed E-state index contributed by atoms with van der Waals surface area (Å²) in [5.74, 6) is -3.27. The Bertz CT molecular complexity index is 455. The third-order valence-electron chi connectivity index (χ3n) is 2.24. The number of methoxy groups -OCH3 is 1. The molecular formula is C11H11FO5. The lowest BCUT2D eigenvalue weighted by Gasteiger charge is -2.11. The monoisotopic (exact) mass is 242 g/mol. The first-order chi connectivity index (χ1) is 7.97. The van der Waals surface area contributed by atoms with E-state index in [0.29, 0.717) is 0 Å². The van der Waals surface area contributed by atoms with E-state index in [4.69, 9.17) is 14.9 Å². The molecule has 0 spiro atoms. The minimum atomic E-state index is -1.44. The van der Waals surface area contributed by atoms with E-state index in [1.807, 2.05) is 0 Å². The van der Waals surface area contributed by atoms with E-state index in [-0.39, 0.29) is 24.2 Å². The molecule has 92 valence electrons. The molecule has 1 rings (SSSR count). The van der Waals surface area contributed by atoms with Crippen LogP contribution in [0.5, 0.6) is 5.75 Å². The average Bonchev–Trinajstić information content (AvgIpc) is 2.25. The molecule has 0 radical (unpaired) electrons. The molecule has 6 heteroatoms. The van der Waals surface area contributed by atoms with Crippen molar-refractivity contribution in [1.29, 1.82) is 0 Å². The molecule has 0 aliphatic carbocycles. The van der Waals surface area contributed by atoms with E-state index in [9.17, 15) is 14.0 Å². The van der Waals surface area contributed by atoms with Crippen LogP contribution in [0.2, 0.25) is 0 Å². The van der Waals surface area contributed by atoms with E-state index in [0.717, 1.165) is 6.07 Å². The number of halogens is 1. The molecule has 0 saturated carbocycles. The molecule has 0 aromatic heterocycles. The largest absolute Gasteiger partial charge is 0.496 e. The first-order valence-electron chi connectivity index (χ1n) is 4.77. The molecule has 0 aliphatic heterocycles. The van der Waals surface area contributed by atoms with Crippen LogP contribution in [0.4, 0.5) is 4.39 Å². The highest BCUT2D eigenvalue weighted by Crippen LogP contribution is 2.26. The Morgan fingerprint density at radius 1 is 1.35 bits per heavy atom. The maximum atomic E-state index is 13.4. The van der Waals surface area contributed by atoms with Crippen LogP contribution in [0, 0.1) is 5.82 Å². The number of ether oxygens (including phenoxy) is 1. The molecule has 0 aliphatic rings. The molecule has 0 unspecified atom stereocenters. The number of carboxylic acid groups (broad SMARTS) is 2. The Kier molecular flexibility index (Phi) is 4.03. The van der Waals surface area contributed by atoms with Crippen molar-refractivity contribution in [3.8, 4) is 5.75 Å². The summed E-state index contributed by atoms with van der Waals surface area (Å²) < 4.78 is 18.3. The van der Waals surface area contributed by atoms with Gasteiger partial charge in [0, 0.05) is 12.0 Å². The van der Waals surface area contributed by atoms with Crippen molar-refractivity contribution >= 4 is 11.9 Å². The van der Waals surface area contributed by atoms with Gasteiger partial charge in [-0.05, 0) is 18.6 Å². The standard InChI is InChI=1S/C11H11FO5/c1-17-8-4-3-7(12)10(11(15)16)6(8)2-5-9(13)14/h3-4H,2,5H2,1H3,(H,13,14)(H,15,16). The summed E-state index contributed by atoms with van der Waals surface area (Å²) in [4.78, 5) is 21.4. The molecule has 5 nitrogen and oxygen atoms in total. The summed E-state index contributed by atoms with van der Waals surface area (Å²) in [7, 11) is 1.31. The second-order valence-electron chi connectivity index (χ2n) is 3.30. The summed E-state index contributed by atoms with van der Waals surface area (Å²) in [6, 6.07) is 2.26. The molecule has 0 saturated heterocycles. The van der Waals surface area contributed by atoms with Gasteiger partial charge >= 0.3 is 11.9 Å². The molecule has 0 heterocycles. The molecule has 0 bridgehead atoms. The van der Waals surface area contributed by atoms with Gasteiger partial charge in [0.1, 0.15) is 17.1 Å². The zero-order valence-electron chi connectivity index (χ0n) is 9.07. The summed E-state index contributed by atoms with van der Waals surface area (Å²) in [5, 5.41) is 17.4. The highest BCUT2D eigenvalue weighted by molar-refractivity contribution is 5.90. The zero-order valence-corrected chi connectivity index (χ0v) is 9.07. The lowest BCUT2D eigenvalue weighted by Crippen LogP contribution is -2.09. The van der Waals surface area contributed by atoms with Crippen LogP contribution in [-0.4, -0.2) is 29.3 Å². The fourth-order valence-electron chi connectivity index (χ4n) is 1.50. The number of carboxylic acids is 2. The van der Waals surface area contributed by atoms with Gasteiger partial charge in [-0.3, -0.25) is 4.79 Å². The van der Waals surface area contributed by atoms with Crippen molar-refractivity contribution in [1.82, 2.24) is 0 Å². The molecule has 0 atom stereocenters. The van der Waals surface area contributed by atoms with E-state index in [2.05, 4.69) is 0 Å². The fourth-order valence-corrected chi connectivity index (χ4v) is 1.50. The van der Waals surface area contributed by atoms with Gasteiger partial charge in [0.15, 0.2) is 0 Å². The normalized spacial score (nSPS) is 10.0. The SMILES string of the molecule is COc1ccc(F)c(C(=O)O)c1CCC(=O)O. The quantitative estimate of drug-likeness (QED) is 0.818. The second kappa shape index (κ2) is 5.29. The lowest BCUT2D eigenvalue weighted by molar-refractivity contribution is -0.136. The highest BCUT2D eigenvalue weighted by atomic mass is 19.1. The van der Waals surface area contributed by atoms with Gasteiger partial charge in [-0.25, -0.2) is 9.18 Å². The Labute approximate surface area is 96.4 Å². The van der Waals surface area contributed by atoms with E-state index in [1.54, 1.807) is 0 Å². The first-order valence-corrected chi connectivity index (χ1v) is 4.77. The van der Waals surface area contributed by atoms with Crippen LogP contribution < -0.4 is 4.74 Å². The smallest absolute Gasteiger partial charge is 0.339 e. The van der Waals surface area contributed by atoms with Crippen molar-refractivity contribution < 1.29 is 28.9 Å². The van der Waals surface area contributed by atoms with Crippen molar-refractivity contribution in [3.63, 3.8) is 0 Å². The van der Waals surface area contributed by atoms with Crippen molar-refractivity contribution in [2.45, 2.75) is 12.8 Å². The molecule has 0 amide bonds. The number of aromatic carboxylic acids is 1. The van der Waals surface area contributed by atoms with Crippen LogP contribution in [0.25, 0.3) is 0 Å². The minimum Gasteiger partial charge on any atom is -0.496 e. The maximum Gasteiger partial charge on any atom is 0.339 e. The van der Waals surface area contributed by atoms with Gasteiger partial charge in [-0.2, -0.15) is 0 Å². The van der Waals surface area contributed by atoms with Crippen LogP contribution >= 0.6 is 0 Å². The van der Waals surface area contributed by atoms with Crippen molar-refractivity contribution in [2.24, 2.45) is 0 Å². The van der Waals surface area contributed by atoms with Crippen molar-refractivity contribution in [3.05, 3.63) is 29.1 Å². The Morgan fingerprint density at radius 2 is 2.00 bits per heavy atom. The van der Waals surface area contributed by atoms with Gasteiger partial charge in [0.05, 0.1) is 7.11 Å². The fraction of sp³-hybridized carbons (Fsp3) is 0.273. The molecule has 1 aromatic carbocycles. The predicted molar refractivity (Wildman–Crippen MR) is 55.9 cm³/mol. The zero-order chi connectivity index (χ0) is 13.0. The van der Waals surface area contributed by atoms with Gasteiger partial charge < -0.3 is 14.9 Å². The summed E-state index contributed by atoms with van der Waals surface area (Å²) in [6.45, 7) is 0. The Morgan fingerprint density at radius 3 is 2.47 bits per heavy atom. The van der Waals surface area contributed by atoms with Crippen molar-refractivity contribution in [2.75, 3.05) is 7.11 Å². The number of hydrogen-bond acceptors (Lipinski definition) is 3.